The molecular formula is C13H15ClN2OS. The van der Waals surface area contributed by atoms with E-state index >= 15 is 0 Å². The molecule has 2 rings (SSSR count). The summed E-state index contributed by atoms with van der Waals surface area (Å²) in [4.78, 5) is 17.3. The highest BCUT2D eigenvalue weighted by Gasteiger charge is 2.21. The van der Waals surface area contributed by atoms with Crippen molar-refractivity contribution in [2.45, 2.75) is 32.7 Å². The van der Waals surface area contributed by atoms with Crippen LogP contribution in [-0.2, 0) is 0 Å². The molecule has 0 fully saturated rings. The van der Waals surface area contributed by atoms with Crippen molar-refractivity contribution in [1.82, 2.24) is 9.55 Å². The summed E-state index contributed by atoms with van der Waals surface area (Å²) in [5, 5.41) is 0. The molecule has 0 bridgehead atoms. The molecule has 1 atom stereocenters. The van der Waals surface area contributed by atoms with Crippen LogP contribution in [0.5, 0.6) is 0 Å². The van der Waals surface area contributed by atoms with Gasteiger partial charge in [-0.15, -0.1) is 11.3 Å². The molecule has 0 aliphatic heterocycles. The fraction of sp³-hybridized carbons (Fsp3) is 0.385. The number of carbonyl (C=O) groups is 1. The lowest BCUT2D eigenvalue weighted by Crippen LogP contribution is -2.18. The lowest BCUT2D eigenvalue weighted by molar-refractivity contribution is 0.0937. The molecule has 1 unspecified atom stereocenters. The Hall–Kier alpha value is -1.13. The van der Waals surface area contributed by atoms with Gasteiger partial charge in [0.1, 0.15) is 5.82 Å². The van der Waals surface area contributed by atoms with Gasteiger partial charge in [-0.05, 0) is 19.1 Å². The number of ketones is 1. The zero-order valence-electron chi connectivity index (χ0n) is 10.6. The highest BCUT2D eigenvalue weighted by atomic mass is 35.5. The number of halogens is 1. The van der Waals surface area contributed by atoms with Gasteiger partial charge in [0.05, 0.1) is 15.3 Å². The quantitative estimate of drug-likeness (QED) is 0.789. The summed E-state index contributed by atoms with van der Waals surface area (Å²) in [6.07, 6.45) is 3.59. The van der Waals surface area contributed by atoms with Crippen molar-refractivity contribution in [2.24, 2.45) is 0 Å². The van der Waals surface area contributed by atoms with E-state index in [0.717, 1.165) is 5.82 Å². The zero-order chi connectivity index (χ0) is 13.3. The SMILES string of the molecule is CC(C)c1nccn1C(C)C(=O)c1ccc(Cl)s1. The van der Waals surface area contributed by atoms with Crippen molar-refractivity contribution in [3.63, 3.8) is 0 Å². The third-order valence-corrected chi connectivity index (χ3v) is 4.07. The Morgan fingerprint density at radius 3 is 2.67 bits per heavy atom. The van der Waals surface area contributed by atoms with E-state index < -0.39 is 0 Å². The van der Waals surface area contributed by atoms with Gasteiger partial charge < -0.3 is 4.57 Å². The molecule has 2 aromatic rings. The molecule has 0 aliphatic rings. The molecule has 18 heavy (non-hydrogen) atoms. The standard InChI is InChI=1S/C13H15ClN2OS/c1-8(2)13-15-6-7-16(13)9(3)12(17)10-4-5-11(14)18-10/h4-9H,1-3H3. The van der Waals surface area contributed by atoms with Crippen LogP contribution in [0.2, 0.25) is 4.34 Å². The fourth-order valence-corrected chi connectivity index (χ4v) is 2.94. The Morgan fingerprint density at radius 1 is 1.39 bits per heavy atom. The largest absolute Gasteiger partial charge is 0.324 e. The van der Waals surface area contributed by atoms with E-state index in [1.54, 1.807) is 18.3 Å². The Kier molecular flexibility index (Phi) is 3.88. The zero-order valence-corrected chi connectivity index (χ0v) is 12.1. The van der Waals surface area contributed by atoms with Crippen molar-refractivity contribution in [1.29, 1.82) is 0 Å². The molecular weight excluding hydrogens is 268 g/mol. The molecule has 5 heteroatoms. The van der Waals surface area contributed by atoms with Crippen LogP contribution in [0.15, 0.2) is 24.5 Å². The molecule has 3 nitrogen and oxygen atoms in total. The predicted molar refractivity (Wildman–Crippen MR) is 74.7 cm³/mol. The summed E-state index contributed by atoms with van der Waals surface area (Å²) in [5.74, 6) is 1.30. The second kappa shape index (κ2) is 5.24. The Balaban J connectivity index is 2.28. The lowest BCUT2D eigenvalue weighted by Gasteiger charge is -2.16. The number of hydrogen-bond acceptors (Lipinski definition) is 3. The number of Topliss-reactive ketones (excluding diaryl/α,β-unsaturated/α-hetero) is 1. The maximum atomic E-state index is 12.3. The van der Waals surface area contributed by atoms with Crippen LogP contribution in [0, 0.1) is 0 Å². The molecule has 2 heterocycles. The van der Waals surface area contributed by atoms with E-state index in [1.807, 2.05) is 17.7 Å². The van der Waals surface area contributed by atoms with Gasteiger partial charge in [-0.3, -0.25) is 4.79 Å². The molecule has 0 N–H and O–H groups in total. The molecule has 2 aromatic heterocycles. The van der Waals surface area contributed by atoms with E-state index in [1.165, 1.54) is 11.3 Å². The van der Waals surface area contributed by atoms with Crippen molar-refractivity contribution in [2.75, 3.05) is 0 Å². The lowest BCUT2D eigenvalue weighted by atomic mass is 10.1. The van der Waals surface area contributed by atoms with E-state index in [4.69, 9.17) is 11.6 Å². The number of hydrogen-bond donors (Lipinski definition) is 0. The Morgan fingerprint density at radius 2 is 2.11 bits per heavy atom. The second-order valence-corrected chi connectivity index (χ2v) is 6.21. The van der Waals surface area contributed by atoms with Crippen molar-refractivity contribution >= 4 is 28.7 Å². The van der Waals surface area contributed by atoms with Crippen LogP contribution in [-0.4, -0.2) is 15.3 Å². The van der Waals surface area contributed by atoms with Gasteiger partial charge in [0.25, 0.3) is 0 Å². The molecule has 0 radical (unpaired) electrons. The summed E-state index contributed by atoms with van der Waals surface area (Å²) in [6, 6.07) is 3.28. The van der Waals surface area contributed by atoms with Crippen molar-refractivity contribution in [3.05, 3.63) is 39.6 Å². The maximum absolute atomic E-state index is 12.3. The first kappa shape index (κ1) is 13.3. The number of imidazole rings is 1. The van der Waals surface area contributed by atoms with Gasteiger partial charge in [0.15, 0.2) is 5.78 Å². The van der Waals surface area contributed by atoms with Gasteiger partial charge in [-0.2, -0.15) is 0 Å². The average Bonchev–Trinajstić information content (AvgIpc) is 2.95. The normalized spacial score (nSPS) is 12.9. The van der Waals surface area contributed by atoms with E-state index in [9.17, 15) is 4.79 Å². The van der Waals surface area contributed by atoms with Crippen LogP contribution in [0.1, 0.15) is 48.2 Å². The molecule has 0 saturated heterocycles. The first-order valence-electron chi connectivity index (χ1n) is 5.83. The maximum Gasteiger partial charge on any atom is 0.195 e. The monoisotopic (exact) mass is 282 g/mol. The van der Waals surface area contributed by atoms with Crippen LogP contribution in [0.4, 0.5) is 0 Å². The third kappa shape index (κ3) is 2.49. The number of aromatic nitrogens is 2. The average molecular weight is 283 g/mol. The summed E-state index contributed by atoms with van der Waals surface area (Å²) in [7, 11) is 0. The van der Waals surface area contributed by atoms with Crippen molar-refractivity contribution in [3.8, 4) is 0 Å². The summed E-state index contributed by atoms with van der Waals surface area (Å²) in [6.45, 7) is 6.03. The van der Waals surface area contributed by atoms with Gasteiger partial charge in [0, 0.05) is 18.3 Å². The van der Waals surface area contributed by atoms with Crippen molar-refractivity contribution < 1.29 is 4.79 Å². The molecule has 0 amide bonds. The number of rotatable bonds is 4. The van der Waals surface area contributed by atoms with Crippen LogP contribution in [0.25, 0.3) is 0 Å². The minimum atomic E-state index is -0.250. The molecule has 96 valence electrons. The molecule has 0 aromatic carbocycles. The van der Waals surface area contributed by atoms with Crippen LogP contribution < -0.4 is 0 Å². The van der Waals surface area contributed by atoms with Gasteiger partial charge in [-0.25, -0.2) is 4.98 Å². The number of nitrogens with zero attached hydrogens (tertiary/aromatic N) is 2. The summed E-state index contributed by atoms with van der Waals surface area (Å²) in [5.41, 5.74) is 0. The first-order valence-corrected chi connectivity index (χ1v) is 7.02. The highest BCUT2D eigenvalue weighted by molar-refractivity contribution is 7.18. The molecule has 0 saturated carbocycles. The van der Waals surface area contributed by atoms with Crippen LogP contribution >= 0.6 is 22.9 Å². The molecule has 0 spiro atoms. The van der Waals surface area contributed by atoms with Gasteiger partial charge in [0.2, 0.25) is 0 Å². The van der Waals surface area contributed by atoms with Gasteiger partial charge >= 0.3 is 0 Å². The summed E-state index contributed by atoms with van der Waals surface area (Å²) < 4.78 is 2.57. The smallest absolute Gasteiger partial charge is 0.195 e. The summed E-state index contributed by atoms with van der Waals surface area (Å²) >= 11 is 7.18. The number of thiophene rings is 1. The second-order valence-electron chi connectivity index (χ2n) is 4.49. The minimum Gasteiger partial charge on any atom is -0.324 e. The topological polar surface area (TPSA) is 34.9 Å². The van der Waals surface area contributed by atoms with E-state index in [-0.39, 0.29) is 11.8 Å². The number of carbonyl (C=O) groups excluding carboxylic acids is 1. The van der Waals surface area contributed by atoms with Gasteiger partial charge in [-0.1, -0.05) is 25.4 Å². The third-order valence-electron chi connectivity index (χ3n) is 2.83. The Labute approximate surface area is 115 Å². The van der Waals surface area contributed by atoms with E-state index in [2.05, 4.69) is 18.8 Å². The fourth-order valence-electron chi connectivity index (χ4n) is 1.88. The first-order chi connectivity index (χ1) is 8.50. The predicted octanol–water partition coefficient (Wildman–Crippen LogP) is 4.17. The Bertz CT molecular complexity index is 559. The van der Waals surface area contributed by atoms with E-state index in [0.29, 0.717) is 15.1 Å². The minimum absolute atomic E-state index is 0.0757. The molecule has 0 aliphatic carbocycles. The van der Waals surface area contributed by atoms with Crippen LogP contribution in [0.3, 0.4) is 0 Å². The highest BCUT2D eigenvalue weighted by Crippen LogP contribution is 2.26.